The van der Waals surface area contributed by atoms with Crippen LogP contribution in [-0.2, 0) is 4.79 Å². The van der Waals surface area contributed by atoms with Crippen molar-refractivity contribution in [3.63, 3.8) is 0 Å². The molecule has 0 radical (unpaired) electrons. The first-order chi connectivity index (χ1) is 15.6. The van der Waals surface area contributed by atoms with Gasteiger partial charge in [0.1, 0.15) is 5.75 Å². The van der Waals surface area contributed by atoms with Gasteiger partial charge in [0.05, 0.1) is 13.7 Å². The molecule has 1 saturated carbocycles. The fourth-order valence-corrected chi connectivity index (χ4v) is 4.40. The van der Waals surface area contributed by atoms with E-state index in [1.807, 2.05) is 17.9 Å². The van der Waals surface area contributed by atoms with Crippen molar-refractivity contribution >= 4 is 41.8 Å². The lowest BCUT2D eigenvalue weighted by Gasteiger charge is -2.26. The molecule has 1 aliphatic heterocycles. The molecule has 3 rings (SSSR count). The number of ether oxygens (including phenoxy) is 1. The summed E-state index contributed by atoms with van der Waals surface area (Å²) in [5.74, 6) is 1.78. The first-order valence-electron chi connectivity index (χ1n) is 11.9. The molecule has 1 unspecified atom stereocenters. The number of nitrogens with zero attached hydrogens (tertiary/aromatic N) is 2. The summed E-state index contributed by atoms with van der Waals surface area (Å²) in [6, 6.07) is 7.27. The molecule has 33 heavy (non-hydrogen) atoms. The summed E-state index contributed by atoms with van der Waals surface area (Å²) in [5, 5.41) is 9.60. The summed E-state index contributed by atoms with van der Waals surface area (Å²) in [4.78, 5) is 31.7. The quantitative estimate of drug-likeness (QED) is 0.193. The van der Waals surface area contributed by atoms with Gasteiger partial charge in [-0.3, -0.25) is 14.6 Å². The molecule has 1 aromatic carbocycles. The summed E-state index contributed by atoms with van der Waals surface area (Å²) in [6.45, 7) is 5.20. The van der Waals surface area contributed by atoms with Gasteiger partial charge >= 0.3 is 0 Å². The third-order valence-electron chi connectivity index (χ3n) is 6.14. The zero-order valence-electron chi connectivity index (χ0n) is 19.8. The molecule has 184 valence electrons. The van der Waals surface area contributed by atoms with Crippen molar-refractivity contribution in [3.8, 4) is 5.75 Å². The minimum absolute atomic E-state index is 0. The Morgan fingerprint density at radius 1 is 1.15 bits per heavy atom. The van der Waals surface area contributed by atoms with E-state index in [-0.39, 0.29) is 41.8 Å². The fraction of sp³-hybridized carbons (Fsp3) is 0.625. The summed E-state index contributed by atoms with van der Waals surface area (Å²) in [6.07, 6.45) is 6.62. The van der Waals surface area contributed by atoms with Crippen LogP contribution in [0.15, 0.2) is 29.3 Å². The van der Waals surface area contributed by atoms with E-state index in [4.69, 9.17) is 4.74 Å². The topological polar surface area (TPSA) is 95.1 Å². The van der Waals surface area contributed by atoms with Crippen LogP contribution >= 0.6 is 24.0 Å². The maximum Gasteiger partial charge on any atom is 0.251 e. The molecule has 8 nitrogen and oxygen atoms in total. The van der Waals surface area contributed by atoms with E-state index >= 15 is 0 Å². The first kappa shape index (κ1) is 27.2. The van der Waals surface area contributed by atoms with Gasteiger partial charge in [0, 0.05) is 43.7 Å². The normalized spacial score (nSPS) is 18.9. The Morgan fingerprint density at radius 3 is 2.67 bits per heavy atom. The molecule has 2 aliphatic rings. The Labute approximate surface area is 214 Å². The van der Waals surface area contributed by atoms with Crippen LogP contribution in [0.2, 0.25) is 0 Å². The van der Waals surface area contributed by atoms with Gasteiger partial charge in [-0.25, -0.2) is 0 Å². The molecule has 0 spiro atoms. The number of carbonyl (C=O) groups excluding carboxylic acids is 2. The molecule has 3 N–H and O–H groups in total. The number of likely N-dealkylation sites (tertiary alicyclic amines) is 1. The second-order valence-corrected chi connectivity index (χ2v) is 8.50. The van der Waals surface area contributed by atoms with Gasteiger partial charge < -0.3 is 25.6 Å². The van der Waals surface area contributed by atoms with Gasteiger partial charge in [-0.1, -0.05) is 25.3 Å². The number of amides is 2. The number of nitrogens with one attached hydrogen (secondary N) is 3. The summed E-state index contributed by atoms with van der Waals surface area (Å²) in [7, 11) is 1.58. The minimum atomic E-state index is -0.148. The number of guanidine groups is 1. The van der Waals surface area contributed by atoms with Crippen molar-refractivity contribution in [1.82, 2.24) is 20.9 Å². The van der Waals surface area contributed by atoms with Gasteiger partial charge in [-0.05, 0) is 44.4 Å². The van der Waals surface area contributed by atoms with Gasteiger partial charge in [0.25, 0.3) is 5.91 Å². The average molecular weight is 572 g/mol. The lowest BCUT2D eigenvalue weighted by molar-refractivity contribution is -0.135. The van der Waals surface area contributed by atoms with Crippen LogP contribution in [0.1, 0.15) is 55.8 Å². The highest BCUT2D eigenvalue weighted by atomic mass is 127. The van der Waals surface area contributed by atoms with Crippen molar-refractivity contribution in [2.45, 2.75) is 51.5 Å². The Hall–Kier alpha value is -2.04. The molecular weight excluding hydrogens is 533 g/mol. The molecule has 1 saturated heterocycles. The number of hydrogen-bond acceptors (Lipinski definition) is 4. The van der Waals surface area contributed by atoms with Gasteiger partial charge in [0.2, 0.25) is 5.91 Å². The number of methoxy groups -OCH3 is 1. The van der Waals surface area contributed by atoms with E-state index in [0.29, 0.717) is 30.3 Å². The van der Waals surface area contributed by atoms with Gasteiger partial charge in [-0.15, -0.1) is 24.0 Å². The highest BCUT2D eigenvalue weighted by Gasteiger charge is 2.31. The number of carbonyl (C=O) groups is 2. The lowest BCUT2D eigenvalue weighted by atomic mass is 9.88. The average Bonchev–Trinajstić information content (AvgIpc) is 3.30. The summed E-state index contributed by atoms with van der Waals surface area (Å²) >= 11 is 0. The van der Waals surface area contributed by atoms with E-state index in [9.17, 15) is 9.59 Å². The number of rotatable bonds is 8. The number of hydrogen-bond donors (Lipinski definition) is 3. The standard InChI is InChI=1S/C24H37N5O3.HI/c1-3-25-24(27-14-13-26-22(30)19-10-7-11-21(16-19)32-2)28-20-12-15-29(17-20)23(31)18-8-5-4-6-9-18;/h7,10-11,16,18,20H,3-6,8-9,12-15,17H2,1-2H3,(H,26,30)(H2,25,27,28);1H. The predicted molar refractivity (Wildman–Crippen MR) is 141 cm³/mol. The third-order valence-corrected chi connectivity index (χ3v) is 6.14. The number of halogens is 1. The van der Waals surface area contributed by atoms with Crippen LogP contribution in [0, 0.1) is 5.92 Å². The molecule has 2 fully saturated rings. The van der Waals surface area contributed by atoms with Crippen molar-refractivity contribution in [2.75, 3.05) is 39.8 Å². The molecule has 2 amide bonds. The van der Waals surface area contributed by atoms with Crippen molar-refractivity contribution in [3.05, 3.63) is 29.8 Å². The Balaban J connectivity index is 0.00000385. The third kappa shape index (κ3) is 8.35. The minimum Gasteiger partial charge on any atom is -0.497 e. The predicted octanol–water partition coefficient (Wildman–Crippen LogP) is 2.78. The van der Waals surface area contributed by atoms with E-state index in [1.54, 1.807) is 25.3 Å². The Bertz CT molecular complexity index is 798. The molecule has 0 bridgehead atoms. The molecule has 1 atom stereocenters. The Kier molecular flexibility index (Phi) is 11.8. The van der Waals surface area contributed by atoms with Gasteiger partial charge in [-0.2, -0.15) is 0 Å². The van der Waals surface area contributed by atoms with Crippen molar-refractivity contribution < 1.29 is 14.3 Å². The van der Waals surface area contributed by atoms with E-state index in [1.165, 1.54) is 19.3 Å². The van der Waals surface area contributed by atoms with E-state index in [0.717, 1.165) is 44.9 Å². The molecule has 0 aromatic heterocycles. The molecular formula is C24H38IN5O3. The summed E-state index contributed by atoms with van der Waals surface area (Å²) < 4.78 is 5.17. The monoisotopic (exact) mass is 571 g/mol. The molecule has 1 aliphatic carbocycles. The number of benzene rings is 1. The Morgan fingerprint density at radius 2 is 1.94 bits per heavy atom. The van der Waals surface area contributed by atoms with Crippen molar-refractivity contribution in [1.29, 1.82) is 0 Å². The first-order valence-corrected chi connectivity index (χ1v) is 11.9. The maximum atomic E-state index is 12.8. The van der Waals surface area contributed by atoms with Crippen molar-refractivity contribution in [2.24, 2.45) is 10.9 Å². The van der Waals surface area contributed by atoms with Crippen LogP contribution < -0.4 is 20.7 Å². The highest BCUT2D eigenvalue weighted by Crippen LogP contribution is 2.26. The maximum absolute atomic E-state index is 12.8. The van der Waals surface area contributed by atoms with E-state index in [2.05, 4.69) is 20.9 Å². The zero-order valence-corrected chi connectivity index (χ0v) is 22.1. The SMILES string of the molecule is CCNC(=NCCNC(=O)c1cccc(OC)c1)NC1CCN(C(=O)C2CCCCC2)C1.I. The van der Waals surface area contributed by atoms with Crippen LogP contribution in [-0.4, -0.2) is 68.5 Å². The molecule has 1 aromatic rings. The van der Waals surface area contributed by atoms with Crippen LogP contribution in [0.25, 0.3) is 0 Å². The smallest absolute Gasteiger partial charge is 0.251 e. The number of aliphatic imine (C=N–C) groups is 1. The van der Waals surface area contributed by atoms with Gasteiger partial charge in [0.15, 0.2) is 5.96 Å². The van der Waals surface area contributed by atoms with E-state index < -0.39 is 0 Å². The fourth-order valence-electron chi connectivity index (χ4n) is 4.40. The molecule has 9 heteroatoms. The largest absolute Gasteiger partial charge is 0.497 e. The second kappa shape index (κ2) is 14.3. The lowest BCUT2D eigenvalue weighted by Crippen LogP contribution is -2.46. The molecule has 1 heterocycles. The second-order valence-electron chi connectivity index (χ2n) is 8.50. The van der Waals surface area contributed by atoms with Crippen LogP contribution in [0.5, 0.6) is 5.75 Å². The summed E-state index contributed by atoms with van der Waals surface area (Å²) in [5.41, 5.74) is 0.562. The van der Waals surface area contributed by atoms with Crippen LogP contribution in [0.4, 0.5) is 0 Å². The highest BCUT2D eigenvalue weighted by molar-refractivity contribution is 14.0. The zero-order chi connectivity index (χ0) is 22.8. The van der Waals surface area contributed by atoms with Crippen LogP contribution in [0.3, 0.4) is 0 Å².